The summed E-state index contributed by atoms with van der Waals surface area (Å²) < 4.78 is 0. The van der Waals surface area contributed by atoms with Crippen molar-refractivity contribution < 1.29 is 0 Å². The molecule has 0 aromatic carbocycles. The van der Waals surface area contributed by atoms with E-state index in [0.717, 1.165) is 29.7 Å². The summed E-state index contributed by atoms with van der Waals surface area (Å²) in [5, 5.41) is 4.30. The zero-order valence-electron chi connectivity index (χ0n) is 7.81. The highest BCUT2D eigenvalue weighted by atomic mass is 32.2. The van der Waals surface area contributed by atoms with Gasteiger partial charge in [0.25, 0.3) is 0 Å². The number of rotatable bonds is 2. The van der Waals surface area contributed by atoms with Gasteiger partial charge in [-0.15, -0.1) is 0 Å². The molecular weight excluding hydrogens is 196 g/mol. The quantitative estimate of drug-likeness (QED) is 0.789. The van der Waals surface area contributed by atoms with Gasteiger partial charge in [-0.05, 0) is 12.5 Å². The number of hydrogen-bond donors (Lipinski definition) is 1. The van der Waals surface area contributed by atoms with Gasteiger partial charge in [0.15, 0.2) is 5.17 Å². The average molecular weight is 208 g/mol. The number of hydrogen-bond acceptors (Lipinski definition) is 5. The summed E-state index contributed by atoms with van der Waals surface area (Å²) in [6, 6.07) is 1.90. The van der Waals surface area contributed by atoms with Crippen LogP contribution in [-0.2, 0) is 6.54 Å². The van der Waals surface area contributed by atoms with Crippen LogP contribution in [0, 0.1) is 0 Å². The third kappa shape index (κ3) is 2.70. The standard InChI is InChI=1S/C9H12N4S/c1-3-11-9(14-5-1)12-6-8-2-4-10-7-13-8/h2,4,7H,1,3,5-6H2,(H,11,12). The van der Waals surface area contributed by atoms with Gasteiger partial charge in [-0.2, -0.15) is 0 Å². The van der Waals surface area contributed by atoms with Crippen LogP contribution in [0.25, 0.3) is 0 Å². The van der Waals surface area contributed by atoms with Crippen LogP contribution in [0.2, 0.25) is 0 Å². The number of aromatic nitrogens is 2. The molecule has 5 heteroatoms. The molecule has 1 aromatic heterocycles. The minimum absolute atomic E-state index is 0.731. The second kappa shape index (κ2) is 4.95. The van der Waals surface area contributed by atoms with Crippen LogP contribution in [-0.4, -0.2) is 27.4 Å². The zero-order chi connectivity index (χ0) is 9.64. The molecule has 0 bridgehead atoms. The van der Waals surface area contributed by atoms with Crippen LogP contribution in [0.1, 0.15) is 12.1 Å². The van der Waals surface area contributed by atoms with Gasteiger partial charge in [0.05, 0.1) is 12.2 Å². The molecule has 1 aliphatic rings. The van der Waals surface area contributed by atoms with Crippen LogP contribution in [0.3, 0.4) is 0 Å². The number of amidine groups is 1. The van der Waals surface area contributed by atoms with Gasteiger partial charge in [-0.1, -0.05) is 11.8 Å². The molecule has 0 fully saturated rings. The Balaban J connectivity index is 1.85. The van der Waals surface area contributed by atoms with Crippen LogP contribution in [0.4, 0.5) is 0 Å². The van der Waals surface area contributed by atoms with Crippen molar-refractivity contribution in [3.05, 3.63) is 24.3 Å². The molecule has 0 saturated heterocycles. The van der Waals surface area contributed by atoms with Gasteiger partial charge in [0, 0.05) is 18.5 Å². The minimum atomic E-state index is 0.731. The molecule has 0 aliphatic carbocycles. The molecule has 2 heterocycles. The molecule has 1 aliphatic heterocycles. The monoisotopic (exact) mass is 208 g/mol. The fraction of sp³-hybridized carbons (Fsp3) is 0.444. The van der Waals surface area contributed by atoms with Crippen LogP contribution >= 0.6 is 11.8 Å². The molecule has 0 spiro atoms. The molecule has 0 saturated carbocycles. The van der Waals surface area contributed by atoms with Crippen LogP contribution in [0.5, 0.6) is 0 Å². The summed E-state index contributed by atoms with van der Waals surface area (Å²) in [7, 11) is 0. The Kier molecular flexibility index (Phi) is 3.34. The molecule has 1 N–H and O–H groups in total. The summed E-state index contributed by atoms with van der Waals surface area (Å²) in [5.41, 5.74) is 0.994. The van der Waals surface area contributed by atoms with Crippen molar-refractivity contribution in [1.82, 2.24) is 15.3 Å². The second-order valence-corrected chi connectivity index (χ2v) is 4.03. The van der Waals surface area contributed by atoms with E-state index in [1.54, 1.807) is 24.3 Å². The summed E-state index contributed by atoms with van der Waals surface area (Å²) in [6.07, 6.45) is 4.50. The molecule has 0 amide bonds. The van der Waals surface area contributed by atoms with Crippen LogP contribution in [0.15, 0.2) is 23.6 Å². The first-order valence-electron chi connectivity index (χ1n) is 4.61. The average Bonchev–Trinajstić information content (AvgIpc) is 2.29. The van der Waals surface area contributed by atoms with Crippen molar-refractivity contribution in [2.24, 2.45) is 4.99 Å². The Morgan fingerprint density at radius 3 is 3.21 bits per heavy atom. The zero-order valence-corrected chi connectivity index (χ0v) is 8.63. The molecule has 74 valence electrons. The van der Waals surface area contributed by atoms with Gasteiger partial charge >= 0.3 is 0 Å². The van der Waals surface area contributed by atoms with Gasteiger partial charge < -0.3 is 5.32 Å². The Bertz CT molecular complexity index is 312. The van der Waals surface area contributed by atoms with E-state index in [9.17, 15) is 0 Å². The lowest BCUT2D eigenvalue weighted by Gasteiger charge is -2.12. The lowest BCUT2D eigenvalue weighted by molar-refractivity contribution is 0.850. The maximum Gasteiger partial charge on any atom is 0.156 e. The first kappa shape index (κ1) is 9.45. The fourth-order valence-electron chi connectivity index (χ4n) is 1.16. The molecule has 0 unspecified atom stereocenters. The number of nitrogens with zero attached hydrogens (tertiary/aromatic N) is 3. The molecule has 0 atom stereocenters. The highest BCUT2D eigenvalue weighted by Crippen LogP contribution is 2.10. The van der Waals surface area contributed by atoms with Crippen molar-refractivity contribution in [1.29, 1.82) is 0 Å². The Morgan fingerprint density at radius 1 is 1.50 bits per heavy atom. The molecular formula is C9H12N4S. The maximum absolute atomic E-state index is 4.37. The highest BCUT2D eigenvalue weighted by Gasteiger charge is 2.04. The van der Waals surface area contributed by atoms with Crippen molar-refractivity contribution in [2.45, 2.75) is 13.0 Å². The van der Waals surface area contributed by atoms with Gasteiger partial charge in [0.1, 0.15) is 6.33 Å². The van der Waals surface area contributed by atoms with Crippen molar-refractivity contribution in [3.63, 3.8) is 0 Å². The lowest BCUT2D eigenvalue weighted by Crippen LogP contribution is -2.23. The van der Waals surface area contributed by atoms with Gasteiger partial charge in [-0.25, -0.2) is 9.97 Å². The predicted octanol–water partition coefficient (Wildman–Crippen LogP) is 1.06. The van der Waals surface area contributed by atoms with E-state index in [-0.39, 0.29) is 0 Å². The van der Waals surface area contributed by atoms with E-state index in [1.807, 2.05) is 6.07 Å². The normalized spacial score (nSPS) is 16.1. The number of nitrogens with one attached hydrogen (secondary N) is 1. The summed E-state index contributed by atoms with van der Waals surface area (Å²) in [5.74, 6) is 1.16. The van der Waals surface area contributed by atoms with E-state index in [4.69, 9.17) is 0 Å². The lowest BCUT2D eigenvalue weighted by atomic mass is 10.4. The Morgan fingerprint density at radius 2 is 2.50 bits per heavy atom. The van der Waals surface area contributed by atoms with Gasteiger partial charge in [-0.3, -0.25) is 4.99 Å². The predicted molar refractivity (Wildman–Crippen MR) is 58.2 cm³/mol. The van der Waals surface area contributed by atoms with E-state index in [2.05, 4.69) is 20.3 Å². The summed E-state index contributed by atoms with van der Waals surface area (Å²) >= 11 is 1.78. The van der Waals surface area contributed by atoms with Crippen molar-refractivity contribution in [3.8, 4) is 0 Å². The molecule has 1 aromatic rings. The maximum atomic E-state index is 4.37. The van der Waals surface area contributed by atoms with Gasteiger partial charge in [0.2, 0.25) is 0 Å². The number of thioether (sulfide) groups is 1. The van der Waals surface area contributed by atoms with Crippen LogP contribution < -0.4 is 5.32 Å². The molecule has 2 rings (SSSR count). The highest BCUT2D eigenvalue weighted by molar-refractivity contribution is 8.13. The first-order valence-corrected chi connectivity index (χ1v) is 5.60. The minimum Gasteiger partial charge on any atom is -0.359 e. The number of aliphatic imine (C=N–C) groups is 1. The van der Waals surface area contributed by atoms with Crippen molar-refractivity contribution >= 4 is 16.9 Å². The third-order valence-corrected chi connectivity index (χ3v) is 2.90. The molecule has 0 radical (unpaired) electrons. The third-order valence-electron chi connectivity index (χ3n) is 1.86. The second-order valence-electron chi connectivity index (χ2n) is 2.94. The Hall–Kier alpha value is -1.10. The SMILES string of the molecule is c1cc(CNC2=NCCCS2)ncn1. The van der Waals surface area contributed by atoms with E-state index < -0.39 is 0 Å². The van der Waals surface area contributed by atoms with Crippen molar-refractivity contribution in [2.75, 3.05) is 12.3 Å². The van der Waals surface area contributed by atoms with E-state index in [0.29, 0.717) is 0 Å². The molecule has 4 nitrogen and oxygen atoms in total. The first-order chi connectivity index (χ1) is 6.95. The van der Waals surface area contributed by atoms with E-state index in [1.165, 1.54) is 6.42 Å². The van der Waals surface area contributed by atoms with E-state index >= 15 is 0 Å². The summed E-state index contributed by atoms with van der Waals surface area (Å²) in [4.78, 5) is 12.4. The summed E-state index contributed by atoms with van der Waals surface area (Å²) in [6.45, 7) is 1.67. The molecule has 14 heavy (non-hydrogen) atoms. The smallest absolute Gasteiger partial charge is 0.156 e. The topological polar surface area (TPSA) is 50.2 Å². The largest absolute Gasteiger partial charge is 0.359 e. The fourth-order valence-corrected chi connectivity index (χ4v) is 1.98. The Labute approximate surface area is 87.3 Å².